The molecule has 3 heterocycles. The summed E-state index contributed by atoms with van der Waals surface area (Å²) in [7, 11) is 0. The largest absolute Gasteiger partial charge is 0.371 e. The van der Waals surface area contributed by atoms with Gasteiger partial charge in [0.2, 0.25) is 5.95 Å². The number of hydrogen-bond acceptors (Lipinski definition) is 3. The minimum atomic E-state index is -0.676. The highest BCUT2D eigenvalue weighted by molar-refractivity contribution is 6.30. The molecule has 1 saturated heterocycles. The van der Waals surface area contributed by atoms with Crippen molar-refractivity contribution in [3.8, 4) is 0 Å². The first kappa shape index (κ1) is 19.1. The van der Waals surface area contributed by atoms with E-state index in [1.807, 2.05) is 0 Å². The van der Waals surface area contributed by atoms with Crippen LogP contribution in [0.5, 0.6) is 0 Å². The van der Waals surface area contributed by atoms with Gasteiger partial charge in [-0.2, -0.15) is 4.39 Å². The van der Waals surface area contributed by atoms with Crippen molar-refractivity contribution in [3.05, 3.63) is 35.0 Å². The lowest BCUT2D eigenvalue weighted by atomic mass is 10.0. The van der Waals surface area contributed by atoms with E-state index >= 15 is 0 Å². The number of fused-ring (bicyclic) bond motifs is 1. The number of amides is 1. The van der Waals surface area contributed by atoms with Crippen LogP contribution in [-0.2, 0) is 4.74 Å². The van der Waals surface area contributed by atoms with E-state index in [1.54, 1.807) is 17.0 Å². The van der Waals surface area contributed by atoms with Crippen molar-refractivity contribution in [1.29, 1.82) is 0 Å². The molecule has 2 aromatic rings. The summed E-state index contributed by atoms with van der Waals surface area (Å²) in [6.07, 6.45) is 4.36. The quantitative estimate of drug-likeness (QED) is 0.780. The smallest absolute Gasteiger partial charge is 0.277 e. The summed E-state index contributed by atoms with van der Waals surface area (Å²) in [6.45, 7) is 7.19. The number of nitrogens with zero attached hydrogens (tertiary/aromatic N) is 3. The maximum atomic E-state index is 14.7. The molecule has 1 aliphatic rings. The second-order valence-corrected chi connectivity index (χ2v) is 7.66. The fourth-order valence-corrected chi connectivity index (χ4v) is 3.43. The lowest BCUT2D eigenvalue weighted by Crippen LogP contribution is -2.51. The van der Waals surface area contributed by atoms with Gasteiger partial charge in [-0.05, 0) is 24.5 Å². The third kappa shape index (κ3) is 3.86. The van der Waals surface area contributed by atoms with E-state index in [0.717, 1.165) is 19.3 Å². The van der Waals surface area contributed by atoms with Crippen LogP contribution in [0.15, 0.2) is 18.3 Å². The highest BCUT2D eigenvalue weighted by Gasteiger charge is 2.34. The van der Waals surface area contributed by atoms with Gasteiger partial charge >= 0.3 is 0 Å². The summed E-state index contributed by atoms with van der Waals surface area (Å²) in [5.41, 5.74) is 0.206. The van der Waals surface area contributed by atoms with Crippen molar-refractivity contribution in [2.75, 3.05) is 13.1 Å². The average Bonchev–Trinajstić information content (AvgIpc) is 2.95. The summed E-state index contributed by atoms with van der Waals surface area (Å²) in [5.74, 6) is -0.789. The van der Waals surface area contributed by atoms with Crippen LogP contribution in [0.25, 0.3) is 5.65 Å². The van der Waals surface area contributed by atoms with Crippen LogP contribution in [0.3, 0.4) is 0 Å². The first-order chi connectivity index (χ1) is 12.4. The molecule has 1 aliphatic heterocycles. The molecule has 0 unspecified atom stereocenters. The van der Waals surface area contributed by atoms with Crippen LogP contribution in [0.2, 0.25) is 5.02 Å². The Morgan fingerprint density at radius 2 is 2.19 bits per heavy atom. The maximum absolute atomic E-state index is 14.7. The van der Waals surface area contributed by atoms with E-state index in [1.165, 1.54) is 10.6 Å². The van der Waals surface area contributed by atoms with Crippen LogP contribution < -0.4 is 0 Å². The topological polar surface area (TPSA) is 46.8 Å². The van der Waals surface area contributed by atoms with Crippen LogP contribution in [0.4, 0.5) is 4.39 Å². The van der Waals surface area contributed by atoms with Gasteiger partial charge in [0.05, 0.1) is 17.2 Å². The van der Waals surface area contributed by atoms with E-state index in [9.17, 15) is 9.18 Å². The fourth-order valence-electron chi connectivity index (χ4n) is 3.27. The Bertz CT molecular complexity index is 792. The van der Waals surface area contributed by atoms with E-state index in [0.29, 0.717) is 23.8 Å². The summed E-state index contributed by atoms with van der Waals surface area (Å²) in [4.78, 5) is 18.8. The van der Waals surface area contributed by atoms with Crippen molar-refractivity contribution < 1.29 is 13.9 Å². The molecule has 0 spiro atoms. The van der Waals surface area contributed by atoms with Gasteiger partial charge in [-0.15, -0.1) is 0 Å². The predicted molar refractivity (Wildman–Crippen MR) is 99.1 cm³/mol. The third-order valence-electron chi connectivity index (χ3n) is 4.83. The molecule has 0 N–H and O–H groups in total. The van der Waals surface area contributed by atoms with Crippen molar-refractivity contribution in [1.82, 2.24) is 14.3 Å². The SMILES string of the molecule is CCCC[C@@H]1CN(C(=O)c2nc3ccc(Cl)cn3c2F)C[C@H](C(C)C)O1. The number of hydrogen-bond donors (Lipinski definition) is 0. The Balaban J connectivity index is 1.86. The van der Waals surface area contributed by atoms with Crippen LogP contribution in [-0.4, -0.2) is 45.5 Å². The van der Waals surface area contributed by atoms with Crippen LogP contribution in [0, 0.1) is 11.9 Å². The zero-order valence-electron chi connectivity index (χ0n) is 15.4. The Morgan fingerprint density at radius 3 is 2.88 bits per heavy atom. The van der Waals surface area contributed by atoms with Gasteiger partial charge in [0, 0.05) is 19.3 Å². The van der Waals surface area contributed by atoms with Gasteiger partial charge in [-0.1, -0.05) is 45.2 Å². The Labute approximate surface area is 158 Å². The Morgan fingerprint density at radius 1 is 1.42 bits per heavy atom. The standard InChI is InChI=1S/C19H25ClFN3O2/c1-4-5-6-14-10-23(11-15(26-14)12(2)3)19(25)17-18(21)24-9-13(20)7-8-16(24)22-17/h7-9,12,14-15H,4-6,10-11H2,1-3H3/t14-,15-/m1/s1. The van der Waals surface area contributed by atoms with Crippen LogP contribution in [0.1, 0.15) is 50.5 Å². The molecule has 0 saturated carbocycles. The molecule has 0 aromatic carbocycles. The van der Waals surface area contributed by atoms with Crippen LogP contribution >= 0.6 is 11.6 Å². The van der Waals surface area contributed by atoms with Crippen molar-refractivity contribution in [2.45, 2.75) is 52.2 Å². The third-order valence-corrected chi connectivity index (χ3v) is 5.05. The number of carbonyl (C=O) groups excluding carboxylic acids is 1. The van der Waals surface area contributed by atoms with Gasteiger partial charge in [-0.25, -0.2) is 4.98 Å². The summed E-state index contributed by atoms with van der Waals surface area (Å²) in [6, 6.07) is 3.23. The minimum absolute atomic E-state index is 0.0189. The van der Waals surface area contributed by atoms with Gasteiger partial charge in [0.15, 0.2) is 5.69 Å². The molecule has 0 aliphatic carbocycles. The Hall–Kier alpha value is -1.66. The van der Waals surface area contributed by atoms with E-state index < -0.39 is 11.9 Å². The van der Waals surface area contributed by atoms with Crippen molar-refractivity contribution in [2.24, 2.45) is 5.92 Å². The number of imidazole rings is 1. The van der Waals surface area contributed by atoms with Gasteiger partial charge in [0.1, 0.15) is 5.65 Å². The average molecular weight is 382 g/mol. The van der Waals surface area contributed by atoms with Gasteiger partial charge < -0.3 is 9.64 Å². The summed E-state index contributed by atoms with van der Waals surface area (Å²) in [5, 5.41) is 0.388. The number of ether oxygens (including phenoxy) is 1. The molecule has 142 valence electrons. The molecule has 0 bridgehead atoms. The molecule has 0 radical (unpaired) electrons. The highest BCUT2D eigenvalue weighted by Crippen LogP contribution is 2.23. The number of morpholine rings is 1. The molecule has 2 aromatic heterocycles. The lowest BCUT2D eigenvalue weighted by molar-refractivity contribution is -0.0964. The molecule has 1 amide bonds. The second-order valence-electron chi connectivity index (χ2n) is 7.22. The molecular formula is C19H25ClFN3O2. The first-order valence-corrected chi connectivity index (χ1v) is 9.56. The van der Waals surface area contributed by atoms with Gasteiger partial charge in [-0.3, -0.25) is 9.20 Å². The van der Waals surface area contributed by atoms with E-state index in [-0.39, 0.29) is 23.8 Å². The molecule has 1 fully saturated rings. The van der Waals surface area contributed by atoms with E-state index in [4.69, 9.17) is 16.3 Å². The van der Waals surface area contributed by atoms with Crippen molar-refractivity contribution >= 4 is 23.2 Å². The first-order valence-electron chi connectivity index (χ1n) is 9.18. The minimum Gasteiger partial charge on any atom is -0.371 e. The highest BCUT2D eigenvalue weighted by atomic mass is 35.5. The molecule has 26 heavy (non-hydrogen) atoms. The summed E-state index contributed by atoms with van der Waals surface area (Å²) < 4.78 is 22.1. The molecule has 2 atom stereocenters. The predicted octanol–water partition coefficient (Wildman–Crippen LogP) is 4.18. The second kappa shape index (κ2) is 7.92. The molecule has 5 nitrogen and oxygen atoms in total. The summed E-state index contributed by atoms with van der Waals surface area (Å²) >= 11 is 5.92. The zero-order chi connectivity index (χ0) is 18.8. The molecular weight excluding hydrogens is 357 g/mol. The molecule has 7 heteroatoms. The Kier molecular flexibility index (Phi) is 5.82. The number of aromatic nitrogens is 2. The maximum Gasteiger partial charge on any atom is 0.277 e. The number of unbranched alkanes of at least 4 members (excludes halogenated alkanes) is 1. The van der Waals surface area contributed by atoms with E-state index in [2.05, 4.69) is 25.8 Å². The normalized spacial score (nSPS) is 20.9. The number of carbonyl (C=O) groups is 1. The number of rotatable bonds is 5. The number of pyridine rings is 1. The van der Waals surface area contributed by atoms with Crippen molar-refractivity contribution in [3.63, 3.8) is 0 Å². The zero-order valence-corrected chi connectivity index (χ0v) is 16.2. The molecule has 3 rings (SSSR count). The number of halogens is 2. The lowest BCUT2D eigenvalue weighted by Gasteiger charge is -2.39. The fraction of sp³-hybridized carbons (Fsp3) is 0.579. The monoisotopic (exact) mass is 381 g/mol. The van der Waals surface area contributed by atoms with Gasteiger partial charge in [0.25, 0.3) is 5.91 Å².